The van der Waals surface area contributed by atoms with Gasteiger partial charge >= 0.3 is 0 Å². The Morgan fingerprint density at radius 3 is 2.62 bits per heavy atom. The maximum Gasteiger partial charge on any atom is 0.240 e. The van der Waals surface area contributed by atoms with Gasteiger partial charge in [-0.3, -0.25) is 9.69 Å². The van der Waals surface area contributed by atoms with Crippen molar-refractivity contribution in [3.63, 3.8) is 0 Å². The molecular weight excluding hydrogens is 264 g/mol. The highest BCUT2D eigenvalue weighted by Crippen LogP contribution is 2.23. The number of hydrogen-bond acceptors (Lipinski definition) is 3. The smallest absolute Gasteiger partial charge is 0.240 e. The molecule has 1 atom stereocenters. The minimum absolute atomic E-state index is 0.00984. The van der Waals surface area contributed by atoms with Gasteiger partial charge in [0.25, 0.3) is 0 Å². The van der Waals surface area contributed by atoms with Gasteiger partial charge < -0.3 is 9.88 Å². The van der Waals surface area contributed by atoms with E-state index in [9.17, 15) is 4.79 Å². The zero-order valence-corrected chi connectivity index (χ0v) is 13.7. The molecule has 118 valence electrons. The molecule has 0 aliphatic carbocycles. The fourth-order valence-electron chi connectivity index (χ4n) is 3.02. The third kappa shape index (κ3) is 3.46. The van der Waals surface area contributed by atoms with Crippen molar-refractivity contribution < 1.29 is 4.79 Å². The van der Waals surface area contributed by atoms with Crippen LogP contribution in [0.25, 0.3) is 0 Å². The summed E-state index contributed by atoms with van der Waals surface area (Å²) < 4.78 is 1.99. The number of imidazole rings is 1. The lowest BCUT2D eigenvalue weighted by Gasteiger charge is -2.35. The van der Waals surface area contributed by atoms with Crippen LogP contribution in [0, 0.1) is 0 Å². The SMILES string of the molecule is CCCC(NC(=O)C(C)(C)N1CCCC1)c1nccn1C. The summed E-state index contributed by atoms with van der Waals surface area (Å²) >= 11 is 0. The van der Waals surface area contributed by atoms with Crippen LogP contribution < -0.4 is 5.32 Å². The van der Waals surface area contributed by atoms with E-state index in [4.69, 9.17) is 0 Å². The standard InChI is InChI=1S/C16H28N4O/c1-5-8-13(14-17-9-12-19(14)4)18-15(21)16(2,3)20-10-6-7-11-20/h9,12-13H,5-8,10-11H2,1-4H3,(H,18,21). The van der Waals surface area contributed by atoms with Crippen molar-refractivity contribution in [3.8, 4) is 0 Å². The van der Waals surface area contributed by atoms with Crippen LogP contribution in [0.5, 0.6) is 0 Å². The molecule has 1 amide bonds. The number of carbonyl (C=O) groups is 1. The largest absolute Gasteiger partial charge is 0.345 e. The number of amides is 1. The average molecular weight is 292 g/mol. The second-order valence-corrected chi connectivity index (χ2v) is 6.46. The van der Waals surface area contributed by atoms with Crippen molar-refractivity contribution >= 4 is 5.91 Å². The van der Waals surface area contributed by atoms with Crippen molar-refractivity contribution in [1.29, 1.82) is 0 Å². The van der Waals surface area contributed by atoms with E-state index in [-0.39, 0.29) is 11.9 Å². The molecule has 1 aliphatic rings. The highest BCUT2D eigenvalue weighted by atomic mass is 16.2. The number of nitrogens with zero attached hydrogens (tertiary/aromatic N) is 3. The molecule has 0 radical (unpaired) electrons. The van der Waals surface area contributed by atoms with Crippen LogP contribution in [0.1, 0.15) is 58.3 Å². The molecule has 1 N–H and O–H groups in total. The van der Waals surface area contributed by atoms with Gasteiger partial charge in [0.2, 0.25) is 5.91 Å². The molecule has 5 heteroatoms. The van der Waals surface area contributed by atoms with E-state index in [0.29, 0.717) is 0 Å². The molecule has 1 fully saturated rings. The van der Waals surface area contributed by atoms with Gasteiger partial charge in [-0.05, 0) is 46.2 Å². The fraction of sp³-hybridized carbons (Fsp3) is 0.750. The molecule has 1 aliphatic heterocycles. The van der Waals surface area contributed by atoms with E-state index in [1.807, 2.05) is 31.7 Å². The molecule has 2 heterocycles. The van der Waals surface area contributed by atoms with Crippen LogP contribution in [-0.4, -0.2) is 39.0 Å². The molecule has 5 nitrogen and oxygen atoms in total. The molecule has 1 aromatic rings. The Hall–Kier alpha value is -1.36. The second-order valence-electron chi connectivity index (χ2n) is 6.46. The summed E-state index contributed by atoms with van der Waals surface area (Å²) in [4.78, 5) is 19.4. The average Bonchev–Trinajstić information content (AvgIpc) is 3.09. The van der Waals surface area contributed by atoms with Gasteiger partial charge in [-0.15, -0.1) is 0 Å². The van der Waals surface area contributed by atoms with Gasteiger partial charge in [-0.2, -0.15) is 0 Å². The topological polar surface area (TPSA) is 50.2 Å². The van der Waals surface area contributed by atoms with Crippen LogP contribution >= 0.6 is 0 Å². The number of carbonyl (C=O) groups excluding carboxylic acids is 1. The van der Waals surface area contributed by atoms with Gasteiger partial charge in [0, 0.05) is 19.4 Å². The van der Waals surface area contributed by atoms with Crippen LogP contribution in [0.4, 0.5) is 0 Å². The first kappa shape index (κ1) is 16.0. The molecule has 21 heavy (non-hydrogen) atoms. The van der Waals surface area contributed by atoms with Crippen molar-refractivity contribution in [2.45, 2.75) is 58.0 Å². The number of nitrogens with one attached hydrogen (secondary N) is 1. The van der Waals surface area contributed by atoms with Crippen molar-refractivity contribution in [2.75, 3.05) is 13.1 Å². The monoisotopic (exact) mass is 292 g/mol. The Balaban J connectivity index is 2.09. The van der Waals surface area contributed by atoms with Crippen LogP contribution in [0.3, 0.4) is 0 Å². The minimum atomic E-state index is -0.451. The fourth-order valence-corrected chi connectivity index (χ4v) is 3.02. The first-order valence-corrected chi connectivity index (χ1v) is 8.00. The Morgan fingerprint density at radius 1 is 1.43 bits per heavy atom. The zero-order valence-electron chi connectivity index (χ0n) is 13.7. The van der Waals surface area contributed by atoms with Crippen LogP contribution in [0.2, 0.25) is 0 Å². The first-order valence-electron chi connectivity index (χ1n) is 8.00. The Labute approximate surface area is 127 Å². The van der Waals surface area contributed by atoms with Gasteiger partial charge in [-0.25, -0.2) is 4.98 Å². The minimum Gasteiger partial charge on any atom is -0.345 e. The van der Waals surface area contributed by atoms with Crippen molar-refractivity contribution in [1.82, 2.24) is 19.8 Å². The number of rotatable bonds is 6. The van der Waals surface area contributed by atoms with E-state index in [0.717, 1.165) is 31.8 Å². The van der Waals surface area contributed by atoms with Gasteiger partial charge in [0.15, 0.2) is 0 Å². The molecule has 0 spiro atoms. The highest BCUT2D eigenvalue weighted by Gasteiger charge is 2.37. The molecule has 2 rings (SSSR count). The summed E-state index contributed by atoms with van der Waals surface area (Å²) in [6.45, 7) is 8.21. The number of aromatic nitrogens is 2. The number of likely N-dealkylation sites (tertiary alicyclic amines) is 1. The van der Waals surface area contributed by atoms with Crippen molar-refractivity contribution in [3.05, 3.63) is 18.2 Å². The summed E-state index contributed by atoms with van der Waals surface area (Å²) in [6.07, 6.45) is 8.02. The van der Waals surface area contributed by atoms with E-state index in [1.165, 1.54) is 12.8 Å². The third-order valence-corrected chi connectivity index (χ3v) is 4.51. The summed E-state index contributed by atoms with van der Waals surface area (Å²) in [6, 6.07) is -0.00984. The zero-order chi connectivity index (χ0) is 15.5. The van der Waals surface area contributed by atoms with Crippen LogP contribution in [-0.2, 0) is 11.8 Å². The Kier molecular flexibility index (Phi) is 5.04. The van der Waals surface area contributed by atoms with E-state index >= 15 is 0 Å². The van der Waals surface area contributed by atoms with Gasteiger partial charge in [0.1, 0.15) is 5.82 Å². The first-order chi connectivity index (χ1) is 9.96. The van der Waals surface area contributed by atoms with Crippen LogP contribution in [0.15, 0.2) is 12.4 Å². The molecule has 0 saturated carbocycles. The summed E-state index contributed by atoms with van der Waals surface area (Å²) in [5.41, 5.74) is -0.451. The van der Waals surface area contributed by atoms with E-state index in [2.05, 4.69) is 22.1 Å². The molecule has 0 aromatic carbocycles. The van der Waals surface area contributed by atoms with E-state index < -0.39 is 5.54 Å². The predicted octanol–water partition coefficient (Wildman–Crippen LogP) is 2.25. The predicted molar refractivity (Wildman–Crippen MR) is 83.9 cm³/mol. The van der Waals surface area contributed by atoms with E-state index in [1.54, 1.807) is 6.20 Å². The Morgan fingerprint density at radius 2 is 2.10 bits per heavy atom. The molecule has 0 bridgehead atoms. The van der Waals surface area contributed by atoms with Crippen molar-refractivity contribution in [2.24, 2.45) is 7.05 Å². The lowest BCUT2D eigenvalue weighted by atomic mass is 10.0. The number of aryl methyl sites for hydroxylation is 1. The normalized spacial score (nSPS) is 17.9. The molecule has 1 unspecified atom stereocenters. The lowest BCUT2D eigenvalue weighted by Crippen LogP contribution is -2.54. The summed E-state index contributed by atoms with van der Waals surface area (Å²) in [5, 5.41) is 3.21. The maximum absolute atomic E-state index is 12.8. The highest BCUT2D eigenvalue weighted by molar-refractivity contribution is 5.85. The second kappa shape index (κ2) is 6.60. The van der Waals surface area contributed by atoms with Gasteiger partial charge in [-0.1, -0.05) is 13.3 Å². The quantitative estimate of drug-likeness (QED) is 0.875. The van der Waals surface area contributed by atoms with Gasteiger partial charge in [0.05, 0.1) is 11.6 Å². The third-order valence-electron chi connectivity index (χ3n) is 4.51. The Bertz CT molecular complexity index is 474. The maximum atomic E-state index is 12.8. The summed E-state index contributed by atoms with van der Waals surface area (Å²) in [7, 11) is 1.97. The number of hydrogen-bond donors (Lipinski definition) is 1. The molecule has 1 aromatic heterocycles. The summed E-state index contributed by atoms with van der Waals surface area (Å²) in [5.74, 6) is 1.04. The lowest BCUT2D eigenvalue weighted by molar-refractivity contribution is -0.132. The molecule has 1 saturated heterocycles. The molecular formula is C16H28N4O.